The molecule has 0 atom stereocenters. The third-order valence-corrected chi connectivity index (χ3v) is 2.18. The Labute approximate surface area is 72.3 Å². The molecule has 0 unspecified atom stereocenters. The van der Waals surface area contributed by atoms with Gasteiger partial charge in [-0.25, -0.2) is 4.79 Å². The van der Waals surface area contributed by atoms with Crippen molar-refractivity contribution in [1.82, 2.24) is 10.6 Å². The number of rotatable bonds is 2. The molecule has 4 heteroatoms. The van der Waals surface area contributed by atoms with Crippen LogP contribution >= 0.6 is 0 Å². The zero-order chi connectivity index (χ0) is 8.81. The zero-order valence-electron chi connectivity index (χ0n) is 7.18. The SMILES string of the molecule is O=C(NCO)NC1CCCCC1. The Morgan fingerprint density at radius 3 is 2.58 bits per heavy atom. The summed E-state index contributed by atoms with van der Waals surface area (Å²) in [6.45, 7) is -0.293. The average molecular weight is 172 g/mol. The van der Waals surface area contributed by atoms with Crippen molar-refractivity contribution in [2.45, 2.75) is 38.1 Å². The molecule has 3 N–H and O–H groups in total. The molecule has 0 aromatic rings. The van der Waals surface area contributed by atoms with E-state index in [0.29, 0.717) is 6.04 Å². The molecule has 12 heavy (non-hydrogen) atoms. The third kappa shape index (κ3) is 3.09. The van der Waals surface area contributed by atoms with Crippen molar-refractivity contribution in [3.63, 3.8) is 0 Å². The van der Waals surface area contributed by atoms with Crippen LogP contribution in [-0.2, 0) is 0 Å². The van der Waals surface area contributed by atoms with Gasteiger partial charge >= 0.3 is 6.03 Å². The minimum atomic E-state index is -0.293. The summed E-state index contributed by atoms with van der Waals surface area (Å²) in [5.41, 5.74) is 0. The van der Waals surface area contributed by atoms with Gasteiger partial charge in [-0.05, 0) is 12.8 Å². The molecule has 1 aliphatic carbocycles. The van der Waals surface area contributed by atoms with Crippen LogP contribution in [0.3, 0.4) is 0 Å². The smallest absolute Gasteiger partial charge is 0.316 e. The molecule has 0 heterocycles. The summed E-state index contributed by atoms with van der Waals surface area (Å²) in [4.78, 5) is 10.9. The third-order valence-electron chi connectivity index (χ3n) is 2.18. The lowest BCUT2D eigenvalue weighted by Crippen LogP contribution is -2.43. The van der Waals surface area contributed by atoms with Gasteiger partial charge in [-0.2, -0.15) is 0 Å². The van der Waals surface area contributed by atoms with E-state index in [1.54, 1.807) is 0 Å². The van der Waals surface area contributed by atoms with Crippen molar-refractivity contribution >= 4 is 6.03 Å². The predicted octanol–water partition coefficient (Wildman–Crippen LogP) is 0.568. The summed E-state index contributed by atoms with van der Waals surface area (Å²) in [6, 6.07) is 0.0506. The first-order chi connectivity index (χ1) is 5.83. The van der Waals surface area contributed by atoms with Gasteiger partial charge < -0.3 is 15.7 Å². The summed E-state index contributed by atoms with van der Waals surface area (Å²) >= 11 is 0. The lowest BCUT2D eigenvalue weighted by atomic mass is 9.96. The van der Waals surface area contributed by atoms with Crippen LogP contribution in [-0.4, -0.2) is 23.9 Å². The van der Waals surface area contributed by atoms with E-state index in [1.807, 2.05) is 0 Å². The van der Waals surface area contributed by atoms with E-state index < -0.39 is 0 Å². The number of hydrogen-bond acceptors (Lipinski definition) is 2. The van der Waals surface area contributed by atoms with Crippen LogP contribution in [0.5, 0.6) is 0 Å². The van der Waals surface area contributed by atoms with Crippen molar-refractivity contribution in [3.05, 3.63) is 0 Å². The molecular formula is C8H16N2O2. The highest BCUT2D eigenvalue weighted by Crippen LogP contribution is 2.16. The monoisotopic (exact) mass is 172 g/mol. The number of aliphatic hydroxyl groups is 1. The van der Waals surface area contributed by atoms with Crippen LogP contribution in [0, 0.1) is 0 Å². The van der Waals surface area contributed by atoms with Gasteiger partial charge in [0, 0.05) is 6.04 Å². The number of urea groups is 1. The fraction of sp³-hybridized carbons (Fsp3) is 0.875. The maximum absolute atomic E-state index is 10.9. The molecule has 0 spiro atoms. The Morgan fingerprint density at radius 2 is 2.00 bits per heavy atom. The van der Waals surface area contributed by atoms with Gasteiger partial charge in [-0.1, -0.05) is 19.3 Å². The summed E-state index contributed by atoms with van der Waals surface area (Å²) in [5.74, 6) is 0. The topological polar surface area (TPSA) is 61.4 Å². The van der Waals surface area contributed by atoms with E-state index in [0.717, 1.165) is 12.8 Å². The molecule has 0 saturated heterocycles. The Kier molecular flexibility index (Phi) is 3.87. The van der Waals surface area contributed by atoms with E-state index in [4.69, 9.17) is 5.11 Å². The highest BCUT2D eigenvalue weighted by atomic mass is 16.3. The maximum Gasteiger partial charge on any atom is 0.316 e. The predicted molar refractivity (Wildman–Crippen MR) is 45.6 cm³/mol. The molecule has 70 valence electrons. The van der Waals surface area contributed by atoms with E-state index in [1.165, 1.54) is 19.3 Å². The van der Waals surface area contributed by atoms with Crippen LogP contribution in [0.1, 0.15) is 32.1 Å². The molecule has 0 bridgehead atoms. The van der Waals surface area contributed by atoms with Gasteiger partial charge in [0.1, 0.15) is 6.73 Å². The second-order valence-electron chi connectivity index (χ2n) is 3.14. The van der Waals surface area contributed by atoms with Crippen molar-refractivity contribution < 1.29 is 9.90 Å². The van der Waals surface area contributed by atoms with Crippen molar-refractivity contribution in [1.29, 1.82) is 0 Å². The van der Waals surface area contributed by atoms with Crippen LogP contribution < -0.4 is 10.6 Å². The second-order valence-corrected chi connectivity index (χ2v) is 3.14. The Bertz CT molecular complexity index is 144. The number of hydrogen-bond donors (Lipinski definition) is 3. The Hall–Kier alpha value is -0.770. The zero-order valence-corrected chi connectivity index (χ0v) is 7.18. The minimum absolute atomic E-state index is 0.260. The molecule has 1 fully saturated rings. The molecule has 1 rings (SSSR count). The first-order valence-corrected chi connectivity index (χ1v) is 4.48. The van der Waals surface area contributed by atoms with Crippen LogP contribution in [0.15, 0.2) is 0 Å². The maximum atomic E-state index is 10.9. The summed E-state index contributed by atoms with van der Waals surface area (Å²) in [6.07, 6.45) is 5.81. The lowest BCUT2D eigenvalue weighted by Gasteiger charge is -2.22. The summed E-state index contributed by atoms with van der Waals surface area (Å²) < 4.78 is 0. The van der Waals surface area contributed by atoms with E-state index in [-0.39, 0.29) is 12.8 Å². The molecule has 2 amide bonds. The number of amides is 2. The highest BCUT2D eigenvalue weighted by molar-refractivity contribution is 5.73. The first kappa shape index (κ1) is 9.32. The molecule has 4 nitrogen and oxygen atoms in total. The van der Waals surface area contributed by atoms with Crippen LogP contribution in [0.25, 0.3) is 0 Å². The lowest BCUT2D eigenvalue weighted by molar-refractivity contribution is 0.211. The number of carbonyl (C=O) groups is 1. The Morgan fingerprint density at radius 1 is 1.33 bits per heavy atom. The molecule has 0 aliphatic heterocycles. The molecule has 0 radical (unpaired) electrons. The molecule has 1 aliphatic rings. The number of nitrogens with one attached hydrogen (secondary N) is 2. The van der Waals surface area contributed by atoms with Gasteiger partial charge in [0.2, 0.25) is 0 Å². The largest absolute Gasteiger partial charge is 0.376 e. The number of aliphatic hydroxyl groups excluding tert-OH is 1. The van der Waals surface area contributed by atoms with E-state index in [2.05, 4.69) is 10.6 Å². The van der Waals surface area contributed by atoms with Crippen LogP contribution in [0.4, 0.5) is 4.79 Å². The number of carbonyl (C=O) groups excluding carboxylic acids is 1. The minimum Gasteiger partial charge on any atom is -0.376 e. The quantitative estimate of drug-likeness (QED) is 0.533. The standard InChI is InChI=1S/C8H16N2O2/c11-6-9-8(12)10-7-4-2-1-3-5-7/h7,11H,1-6H2,(H2,9,10,12). The molecule has 0 aromatic heterocycles. The Balaban J connectivity index is 2.15. The van der Waals surface area contributed by atoms with Gasteiger partial charge in [-0.3, -0.25) is 0 Å². The average Bonchev–Trinajstić information content (AvgIpc) is 2.06. The molecule has 1 saturated carbocycles. The van der Waals surface area contributed by atoms with Crippen molar-refractivity contribution in [3.8, 4) is 0 Å². The summed E-state index contributed by atoms with van der Waals surface area (Å²) in [5, 5.41) is 13.5. The first-order valence-electron chi connectivity index (χ1n) is 4.48. The highest BCUT2D eigenvalue weighted by Gasteiger charge is 2.14. The fourth-order valence-electron chi connectivity index (χ4n) is 1.56. The van der Waals surface area contributed by atoms with Crippen LogP contribution in [0.2, 0.25) is 0 Å². The van der Waals surface area contributed by atoms with Gasteiger partial charge in [0.05, 0.1) is 0 Å². The van der Waals surface area contributed by atoms with Gasteiger partial charge in [-0.15, -0.1) is 0 Å². The second kappa shape index (κ2) is 4.98. The van der Waals surface area contributed by atoms with Gasteiger partial charge in [0.15, 0.2) is 0 Å². The fourth-order valence-corrected chi connectivity index (χ4v) is 1.56. The summed E-state index contributed by atoms with van der Waals surface area (Å²) in [7, 11) is 0. The van der Waals surface area contributed by atoms with Gasteiger partial charge in [0.25, 0.3) is 0 Å². The molecule has 0 aromatic carbocycles. The molecular weight excluding hydrogens is 156 g/mol. The normalized spacial score (nSPS) is 18.8. The van der Waals surface area contributed by atoms with Crippen molar-refractivity contribution in [2.75, 3.05) is 6.73 Å². The van der Waals surface area contributed by atoms with Crippen molar-refractivity contribution in [2.24, 2.45) is 0 Å². The van der Waals surface area contributed by atoms with E-state index in [9.17, 15) is 4.79 Å². The van der Waals surface area contributed by atoms with E-state index >= 15 is 0 Å².